The van der Waals surface area contributed by atoms with Gasteiger partial charge < -0.3 is 9.72 Å². The molecule has 1 N–H and O–H groups in total. The second-order valence-corrected chi connectivity index (χ2v) is 8.09. The Kier molecular flexibility index (Phi) is 7.44. The second-order valence-electron chi connectivity index (χ2n) is 6.57. The Labute approximate surface area is 178 Å². The number of carbonyl (C=O) groups excluding carboxylic acids is 1. The Hall–Kier alpha value is -2.63. The van der Waals surface area contributed by atoms with Crippen molar-refractivity contribution in [3.8, 4) is 5.75 Å². The van der Waals surface area contributed by atoms with Gasteiger partial charge in [-0.15, -0.1) is 11.3 Å². The van der Waals surface area contributed by atoms with Crippen LogP contribution in [0, 0.1) is 0 Å². The minimum absolute atomic E-state index is 0.185. The molecule has 1 heterocycles. The van der Waals surface area contributed by atoms with Crippen LogP contribution in [0.1, 0.15) is 42.1 Å². The first-order chi connectivity index (χ1) is 14.0. The van der Waals surface area contributed by atoms with Gasteiger partial charge in [-0.25, -0.2) is 0 Å². The van der Waals surface area contributed by atoms with Crippen LogP contribution in [0.2, 0.25) is 5.02 Å². The van der Waals surface area contributed by atoms with Crippen molar-refractivity contribution in [1.29, 1.82) is 0 Å². The highest BCUT2D eigenvalue weighted by Crippen LogP contribution is 2.13. The van der Waals surface area contributed by atoms with Crippen molar-refractivity contribution < 1.29 is 9.53 Å². The number of hydrogen-bond acceptors (Lipinski definition) is 4. The maximum Gasteiger partial charge on any atom is 0.266 e. The molecule has 0 aliphatic heterocycles. The summed E-state index contributed by atoms with van der Waals surface area (Å²) in [7, 11) is 0. The number of carbonyl (C=O) groups is 1. The van der Waals surface area contributed by atoms with Gasteiger partial charge in [0.2, 0.25) is 0 Å². The molecule has 2 aromatic carbocycles. The van der Waals surface area contributed by atoms with E-state index in [0.717, 1.165) is 30.6 Å². The Morgan fingerprint density at radius 2 is 1.83 bits per heavy atom. The average molecular weight is 428 g/mol. The van der Waals surface area contributed by atoms with E-state index in [2.05, 4.69) is 11.9 Å². The van der Waals surface area contributed by atoms with Crippen LogP contribution in [0.15, 0.2) is 53.3 Å². The van der Waals surface area contributed by atoms with E-state index in [-0.39, 0.29) is 11.3 Å². The molecule has 0 saturated heterocycles. The number of unbranched alkanes of at least 4 members (excludes halogenated alkanes) is 2. The summed E-state index contributed by atoms with van der Waals surface area (Å²) >= 11 is 7.09. The fraction of sp³-hybridized carbons (Fsp3) is 0.217. The number of aromatic nitrogens is 1. The molecule has 4 nitrogen and oxygen atoms in total. The molecule has 0 bridgehead atoms. The number of ketones is 1. The monoisotopic (exact) mass is 427 g/mol. The molecule has 0 fully saturated rings. The highest BCUT2D eigenvalue weighted by Gasteiger charge is 2.03. The highest BCUT2D eigenvalue weighted by atomic mass is 35.5. The number of H-pyrrole nitrogens is 1. The summed E-state index contributed by atoms with van der Waals surface area (Å²) in [5.74, 6) is 0.635. The molecule has 150 valence electrons. The first kappa shape index (κ1) is 21.1. The summed E-state index contributed by atoms with van der Waals surface area (Å²) in [5, 5.41) is 0.570. The fourth-order valence-electron chi connectivity index (χ4n) is 2.69. The average Bonchev–Trinajstić information content (AvgIpc) is 3.05. The predicted octanol–water partition coefficient (Wildman–Crippen LogP) is 4.15. The van der Waals surface area contributed by atoms with Gasteiger partial charge in [-0.2, -0.15) is 0 Å². The molecule has 0 aliphatic carbocycles. The number of aromatic amines is 1. The maximum atomic E-state index is 12.3. The van der Waals surface area contributed by atoms with Gasteiger partial charge in [0.15, 0.2) is 5.78 Å². The van der Waals surface area contributed by atoms with Gasteiger partial charge >= 0.3 is 0 Å². The Morgan fingerprint density at radius 1 is 1.10 bits per heavy atom. The van der Waals surface area contributed by atoms with Crippen LogP contribution >= 0.6 is 22.9 Å². The van der Waals surface area contributed by atoms with Gasteiger partial charge in [0, 0.05) is 16.7 Å². The number of ether oxygens (including phenoxy) is 1. The summed E-state index contributed by atoms with van der Waals surface area (Å²) in [5.41, 5.74) is 1.20. The molecule has 29 heavy (non-hydrogen) atoms. The first-order valence-corrected chi connectivity index (χ1v) is 10.7. The summed E-state index contributed by atoms with van der Waals surface area (Å²) in [6, 6.07) is 14.3. The van der Waals surface area contributed by atoms with Crippen molar-refractivity contribution in [3.05, 3.63) is 84.2 Å². The lowest BCUT2D eigenvalue weighted by Gasteiger charge is -2.05. The lowest BCUT2D eigenvalue weighted by molar-refractivity contribution is 0.106. The van der Waals surface area contributed by atoms with Gasteiger partial charge in [0.05, 0.1) is 15.8 Å². The number of nitrogens with one attached hydrogen (secondary N) is 1. The molecule has 0 aliphatic rings. The van der Waals surface area contributed by atoms with E-state index in [1.807, 2.05) is 24.3 Å². The molecule has 1 aromatic heterocycles. The van der Waals surface area contributed by atoms with E-state index in [9.17, 15) is 9.59 Å². The lowest BCUT2D eigenvalue weighted by atomic mass is 10.1. The number of thiazole rings is 1. The smallest absolute Gasteiger partial charge is 0.266 e. The normalized spacial score (nSPS) is 12.3. The topological polar surface area (TPSA) is 59.2 Å². The molecular weight excluding hydrogens is 406 g/mol. The summed E-state index contributed by atoms with van der Waals surface area (Å²) in [6.07, 6.45) is 6.60. The molecule has 0 saturated carbocycles. The van der Waals surface area contributed by atoms with E-state index in [1.54, 1.807) is 30.3 Å². The van der Waals surface area contributed by atoms with Gasteiger partial charge in [0.25, 0.3) is 5.56 Å². The zero-order valence-corrected chi connectivity index (χ0v) is 17.7. The Bertz CT molecular complexity index is 1130. The van der Waals surface area contributed by atoms with Crippen molar-refractivity contribution in [1.82, 2.24) is 4.98 Å². The third-order valence-electron chi connectivity index (χ3n) is 4.27. The zero-order valence-electron chi connectivity index (χ0n) is 16.1. The van der Waals surface area contributed by atoms with Crippen LogP contribution < -0.4 is 19.5 Å². The molecule has 0 spiro atoms. The van der Waals surface area contributed by atoms with Crippen molar-refractivity contribution in [3.63, 3.8) is 0 Å². The molecule has 3 aromatic rings. The lowest BCUT2D eigenvalue weighted by Crippen LogP contribution is -2.20. The van der Waals surface area contributed by atoms with Gasteiger partial charge in [-0.05, 0) is 54.5 Å². The van der Waals surface area contributed by atoms with E-state index in [0.29, 0.717) is 26.4 Å². The van der Waals surface area contributed by atoms with Crippen molar-refractivity contribution in [2.45, 2.75) is 26.2 Å². The summed E-state index contributed by atoms with van der Waals surface area (Å²) in [6.45, 7) is 2.87. The fourth-order valence-corrected chi connectivity index (χ4v) is 3.71. The standard InChI is InChI=1S/C23H22ClNO3S/c1-2-3-4-13-28-19-11-5-16(6-12-19)14-21-23(27)25-22(29-21)15-20(26)17-7-9-18(24)10-8-17/h5-12,14-15H,2-4,13H2,1H3,(H,25,27)/b21-14-,22-15-. The summed E-state index contributed by atoms with van der Waals surface area (Å²) in [4.78, 5) is 27.3. The van der Waals surface area contributed by atoms with E-state index < -0.39 is 0 Å². The molecule has 0 atom stereocenters. The highest BCUT2D eigenvalue weighted by molar-refractivity contribution is 7.07. The summed E-state index contributed by atoms with van der Waals surface area (Å²) < 4.78 is 6.75. The number of Topliss-reactive ketones (excluding diaryl/α,β-unsaturated/α-hetero) is 1. The minimum Gasteiger partial charge on any atom is -0.494 e. The van der Waals surface area contributed by atoms with Crippen molar-refractivity contribution in [2.24, 2.45) is 0 Å². The molecule has 0 unspecified atom stereocenters. The van der Waals surface area contributed by atoms with Gasteiger partial charge in [0.1, 0.15) is 5.75 Å². The molecular formula is C23H22ClNO3S. The SMILES string of the molecule is CCCCCOc1ccc(/C=c2\s/c(=C\C(=O)c3ccc(Cl)cc3)[nH]c2=O)cc1. The van der Waals surface area contributed by atoms with Crippen LogP contribution in [-0.4, -0.2) is 17.4 Å². The minimum atomic E-state index is -0.218. The molecule has 0 radical (unpaired) electrons. The predicted molar refractivity (Wildman–Crippen MR) is 119 cm³/mol. The number of hydrogen-bond donors (Lipinski definition) is 1. The van der Waals surface area contributed by atoms with E-state index >= 15 is 0 Å². The third-order valence-corrected chi connectivity index (χ3v) is 5.48. The maximum absolute atomic E-state index is 12.3. The van der Waals surface area contributed by atoms with E-state index in [4.69, 9.17) is 16.3 Å². The van der Waals surface area contributed by atoms with Crippen LogP contribution in [0.4, 0.5) is 0 Å². The number of halogens is 1. The third kappa shape index (κ3) is 6.17. The van der Waals surface area contributed by atoms with Crippen LogP contribution in [0.25, 0.3) is 12.2 Å². The Morgan fingerprint density at radius 3 is 2.52 bits per heavy atom. The van der Waals surface area contributed by atoms with Gasteiger partial charge in [-0.3, -0.25) is 9.59 Å². The second kappa shape index (κ2) is 10.2. The van der Waals surface area contributed by atoms with Crippen molar-refractivity contribution >= 4 is 40.9 Å². The zero-order chi connectivity index (χ0) is 20.6. The molecule has 6 heteroatoms. The van der Waals surface area contributed by atoms with Crippen LogP contribution in [-0.2, 0) is 0 Å². The quantitative estimate of drug-likeness (QED) is 0.434. The number of benzene rings is 2. The van der Waals surface area contributed by atoms with Crippen LogP contribution in [0.3, 0.4) is 0 Å². The van der Waals surface area contributed by atoms with Crippen LogP contribution in [0.5, 0.6) is 5.75 Å². The largest absolute Gasteiger partial charge is 0.494 e. The molecule has 3 rings (SSSR count). The first-order valence-electron chi connectivity index (χ1n) is 9.50. The van der Waals surface area contributed by atoms with Crippen molar-refractivity contribution in [2.75, 3.05) is 6.61 Å². The van der Waals surface area contributed by atoms with E-state index in [1.165, 1.54) is 17.4 Å². The molecule has 0 amide bonds. The Balaban J connectivity index is 1.75. The van der Waals surface area contributed by atoms with Gasteiger partial charge in [-0.1, -0.05) is 43.5 Å². The number of rotatable bonds is 8.